The summed E-state index contributed by atoms with van der Waals surface area (Å²) in [6, 6.07) is 3.10. The van der Waals surface area contributed by atoms with Gasteiger partial charge in [0.15, 0.2) is 5.82 Å². The quantitative estimate of drug-likeness (QED) is 0.585. The third-order valence-corrected chi connectivity index (χ3v) is 3.59. The number of hydrogen-bond acceptors (Lipinski definition) is 5. The number of aliphatic hydroxyl groups excluding tert-OH is 1. The van der Waals surface area contributed by atoms with Gasteiger partial charge in [0.2, 0.25) is 11.8 Å². The maximum Gasteiger partial charge on any atom is 0.250 e. The van der Waals surface area contributed by atoms with E-state index in [1.165, 1.54) is 25.3 Å². The zero-order chi connectivity index (χ0) is 18.7. The summed E-state index contributed by atoms with van der Waals surface area (Å²) in [5, 5.41) is 9.96. The lowest BCUT2D eigenvalue weighted by atomic mass is 10.1. The van der Waals surface area contributed by atoms with Gasteiger partial charge in [-0.1, -0.05) is 0 Å². The van der Waals surface area contributed by atoms with Crippen LogP contribution in [0.5, 0.6) is 5.88 Å². The van der Waals surface area contributed by atoms with Crippen LogP contribution in [0.25, 0.3) is 28.2 Å². The van der Waals surface area contributed by atoms with Crippen molar-refractivity contribution in [3.05, 3.63) is 48.2 Å². The topological polar surface area (TPSA) is 114 Å². The molecular weight excluding hydrogens is 339 g/mol. The summed E-state index contributed by atoms with van der Waals surface area (Å²) in [6.45, 7) is 1.49. The van der Waals surface area contributed by atoms with Crippen molar-refractivity contribution in [2.75, 3.05) is 6.61 Å². The highest BCUT2D eigenvalue weighted by atomic mass is 19.1. The highest BCUT2D eigenvalue weighted by Gasteiger charge is 2.11. The summed E-state index contributed by atoms with van der Waals surface area (Å²) in [5.41, 5.74) is 7.65. The van der Waals surface area contributed by atoms with E-state index in [0.29, 0.717) is 16.8 Å². The number of rotatable bonds is 6. The van der Waals surface area contributed by atoms with Crippen LogP contribution in [-0.4, -0.2) is 38.7 Å². The average molecular weight is 356 g/mol. The van der Waals surface area contributed by atoms with E-state index in [4.69, 9.17) is 10.5 Å². The monoisotopic (exact) mass is 356 g/mol. The fourth-order valence-corrected chi connectivity index (χ4v) is 2.38. The summed E-state index contributed by atoms with van der Waals surface area (Å²) in [7, 11) is 0. The maximum atomic E-state index is 14.2. The molecule has 7 nitrogen and oxygen atoms in total. The van der Waals surface area contributed by atoms with Crippen molar-refractivity contribution in [1.29, 1.82) is 0 Å². The number of pyridine rings is 2. The minimum absolute atomic E-state index is 0.0459. The highest BCUT2D eigenvalue weighted by Crippen LogP contribution is 2.27. The smallest absolute Gasteiger partial charge is 0.250 e. The molecule has 4 N–H and O–H groups in total. The minimum atomic E-state index is -0.719. The van der Waals surface area contributed by atoms with Crippen molar-refractivity contribution < 1.29 is 19.0 Å². The number of H-pyrrole nitrogens is 1. The summed E-state index contributed by atoms with van der Waals surface area (Å²) >= 11 is 0. The minimum Gasteiger partial charge on any atom is -0.473 e. The number of nitrogens with one attached hydrogen (secondary N) is 1. The van der Waals surface area contributed by atoms with Gasteiger partial charge in [-0.15, -0.1) is 0 Å². The number of ether oxygens (including phenoxy) is 1. The molecule has 0 fully saturated rings. The number of aromatic nitrogens is 3. The molecule has 3 rings (SSSR count). The highest BCUT2D eigenvalue weighted by molar-refractivity contribution is 5.95. The molecule has 0 spiro atoms. The van der Waals surface area contributed by atoms with Gasteiger partial charge in [0.25, 0.3) is 0 Å². The predicted octanol–water partition coefficient (Wildman–Crippen LogP) is 2.02. The largest absolute Gasteiger partial charge is 0.473 e. The lowest BCUT2D eigenvalue weighted by molar-refractivity contribution is -0.113. The van der Waals surface area contributed by atoms with Crippen LogP contribution in [0.4, 0.5) is 4.39 Å². The number of nitrogens with two attached hydrogens (primary N) is 1. The summed E-state index contributed by atoms with van der Waals surface area (Å²) < 4.78 is 19.3. The molecule has 8 heteroatoms. The number of hydrogen-bond donors (Lipinski definition) is 3. The van der Waals surface area contributed by atoms with Crippen LogP contribution in [-0.2, 0) is 4.79 Å². The molecule has 0 saturated heterocycles. The lowest BCUT2D eigenvalue weighted by Gasteiger charge is -2.09. The third-order valence-electron chi connectivity index (χ3n) is 3.59. The molecule has 0 aliphatic heterocycles. The second-order valence-corrected chi connectivity index (χ2v) is 5.77. The predicted molar refractivity (Wildman–Crippen MR) is 94.7 cm³/mol. The Morgan fingerprint density at radius 2 is 2.12 bits per heavy atom. The number of aromatic amines is 1. The number of carbonyl (C=O) groups excluding carboxylic acids is 1. The van der Waals surface area contributed by atoms with Crippen LogP contribution in [0.15, 0.2) is 36.8 Å². The van der Waals surface area contributed by atoms with E-state index in [-0.39, 0.29) is 12.5 Å². The zero-order valence-electron chi connectivity index (χ0n) is 13.9. The van der Waals surface area contributed by atoms with E-state index >= 15 is 0 Å². The summed E-state index contributed by atoms with van der Waals surface area (Å²) in [5.74, 6) is -1.36. The number of primary amides is 1. The Kier molecular flexibility index (Phi) is 4.94. The second kappa shape index (κ2) is 7.32. The Bertz CT molecular complexity index is 982. The Hall–Kier alpha value is -3.26. The van der Waals surface area contributed by atoms with E-state index in [2.05, 4.69) is 15.0 Å². The van der Waals surface area contributed by atoms with E-state index in [9.17, 15) is 14.3 Å². The first-order chi connectivity index (χ1) is 12.4. The van der Waals surface area contributed by atoms with Gasteiger partial charge in [0.1, 0.15) is 12.3 Å². The van der Waals surface area contributed by atoms with Crippen molar-refractivity contribution in [1.82, 2.24) is 15.0 Å². The molecule has 0 radical (unpaired) electrons. The molecule has 3 aromatic rings. The third kappa shape index (κ3) is 3.86. The van der Waals surface area contributed by atoms with Gasteiger partial charge in [-0.25, -0.2) is 14.4 Å². The van der Waals surface area contributed by atoms with E-state index in [1.807, 2.05) is 6.07 Å². The van der Waals surface area contributed by atoms with Gasteiger partial charge in [-0.2, -0.15) is 0 Å². The Balaban J connectivity index is 1.93. The van der Waals surface area contributed by atoms with E-state index in [1.54, 1.807) is 18.5 Å². The first-order valence-electron chi connectivity index (χ1n) is 7.85. The van der Waals surface area contributed by atoms with Crippen molar-refractivity contribution in [2.45, 2.75) is 13.0 Å². The first-order valence-corrected chi connectivity index (χ1v) is 7.85. The first kappa shape index (κ1) is 17.6. The molecule has 134 valence electrons. The molecule has 1 amide bonds. The SMILES string of the molecule is CC(O)COc1ncc(-c2cnc3[nH]cc(C=CC(N)=O)c3c2)cc1F. The van der Waals surface area contributed by atoms with Crippen LogP contribution in [0.2, 0.25) is 0 Å². The van der Waals surface area contributed by atoms with Crippen LogP contribution < -0.4 is 10.5 Å². The number of amides is 1. The van der Waals surface area contributed by atoms with E-state index < -0.39 is 17.8 Å². The Morgan fingerprint density at radius 3 is 2.81 bits per heavy atom. The van der Waals surface area contributed by atoms with Gasteiger partial charge in [-0.3, -0.25) is 4.79 Å². The average Bonchev–Trinajstić information content (AvgIpc) is 3.01. The van der Waals surface area contributed by atoms with Gasteiger partial charge in [-0.05, 0) is 25.1 Å². The molecule has 26 heavy (non-hydrogen) atoms. The van der Waals surface area contributed by atoms with Crippen LogP contribution in [0.3, 0.4) is 0 Å². The van der Waals surface area contributed by atoms with E-state index in [0.717, 1.165) is 10.9 Å². The molecule has 0 bridgehead atoms. The number of carbonyl (C=O) groups is 1. The molecule has 3 aromatic heterocycles. The van der Waals surface area contributed by atoms with Crippen LogP contribution >= 0.6 is 0 Å². The zero-order valence-corrected chi connectivity index (χ0v) is 13.9. The second-order valence-electron chi connectivity index (χ2n) is 5.77. The molecule has 3 heterocycles. The van der Waals surface area contributed by atoms with Gasteiger partial charge in [0.05, 0.1) is 6.10 Å². The summed E-state index contributed by atoms with van der Waals surface area (Å²) in [6.07, 6.45) is 6.88. The molecule has 0 aliphatic carbocycles. The molecule has 0 aromatic carbocycles. The standard InChI is InChI=1S/C18H17FN4O3/c1-10(24)9-26-18-15(19)5-13(8-23-18)12-4-14-11(2-3-16(20)25)6-21-17(14)22-7-12/h2-8,10,24H,9H2,1H3,(H2,20,25)(H,21,22). The Labute approximate surface area is 148 Å². The normalized spacial score (nSPS) is 12.6. The molecule has 1 atom stereocenters. The molecular formula is C18H17FN4O3. The fraction of sp³-hybridized carbons (Fsp3) is 0.167. The Morgan fingerprint density at radius 1 is 1.38 bits per heavy atom. The van der Waals surface area contributed by atoms with Crippen molar-refractivity contribution in [3.63, 3.8) is 0 Å². The number of fused-ring (bicyclic) bond motifs is 1. The van der Waals surface area contributed by atoms with Gasteiger partial charge < -0.3 is 20.6 Å². The van der Waals surface area contributed by atoms with Crippen molar-refractivity contribution >= 4 is 23.0 Å². The van der Waals surface area contributed by atoms with Gasteiger partial charge >= 0.3 is 0 Å². The number of nitrogens with zero attached hydrogens (tertiary/aromatic N) is 2. The fourth-order valence-electron chi connectivity index (χ4n) is 2.38. The lowest BCUT2D eigenvalue weighted by Crippen LogP contribution is -2.14. The maximum absolute atomic E-state index is 14.2. The molecule has 0 aliphatic rings. The van der Waals surface area contributed by atoms with Crippen molar-refractivity contribution in [2.24, 2.45) is 5.73 Å². The van der Waals surface area contributed by atoms with Crippen molar-refractivity contribution in [3.8, 4) is 17.0 Å². The molecule has 0 saturated carbocycles. The van der Waals surface area contributed by atoms with Gasteiger partial charge in [0, 0.05) is 46.7 Å². The van der Waals surface area contributed by atoms with Crippen LogP contribution in [0, 0.1) is 5.82 Å². The number of aliphatic hydroxyl groups is 1. The van der Waals surface area contributed by atoms with Crippen LogP contribution in [0.1, 0.15) is 12.5 Å². The molecule has 1 unspecified atom stereocenters. The number of halogens is 1. The summed E-state index contributed by atoms with van der Waals surface area (Å²) in [4.78, 5) is 22.2.